The van der Waals surface area contributed by atoms with Gasteiger partial charge in [0.2, 0.25) is 0 Å². The summed E-state index contributed by atoms with van der Waals surface area (Å²) in [5, 5.41) is 19.5. The van der Waals surface area contributed by atoms with Gasteiger partial charge >= 0.3 is 13.1 Å². The summed E-state index contributed by atoms with van der Waals surface area (Å²) in [6.07, 6.45) is 3.22. The molecule has 0 aliphatic carbocycles. The zero-order valence-electron chi connectivity index (χ0n) is 15.5. The lowest BCUT2D eigenvalue weighted by atomic mass is 9.64. The topological polar surface area (TPSA) is 113 Å². The molecule has 1 aromatic rings. The number of carboxylic acids is 1. The monoisotopic (exact) mass is 374 g/mol. The van der Waals surface area contributed by atoms with Crippen LogP contribution in [-0.2, 0) is 11.2 Å². The zero-order valence-corrected chi connectivity index (χ0v) is 15.5. The third-order valence-corrected chi connectivity index (χ3v) is 5.61. The number of benzene rings is 1. The highest BCUT2D eigenvalue weighted by Gasteiger charge is 2.38. The van der Waals surface area contributed by atoms with E-state index in [1.54, 1.807) is 12.1 Å². The number of piperidine rings is 1. The van der Waals surface area contributed by atoms with Crippen molar-refractivity contribution in [3.63, 3.8) is 0 Å². The lowest BCUT2D eigenvalue weighted by molar-refractivity contribution is -0.120. The number of carbonyl (C=O) groups is 2. The number of ketones is 1. The van der Waals surface area contributed by atoms with Gasteiger partial charge in [-0.2, -0.15) is 0 Å². The van der Waals surface area contributed by atoms with E-state index in [0.717, 1.165) is 38.0 Å². The van der Waals surface area contributed by atoms with Crippen LogP contribution in [-0.4, -0.2) is 60.1 Å². The number of hydrogen-bond donors (Lipinski definition) is 3. The Kier molecular flexibility index (Phi) is 6.52. The van der Waals surface area contributed by atoms with E-state index >= 15 is 0 Å². The first-order valence-corrected chi connectivity index (χ1v) is 9.62. The van der Waals surface area contributed by atoms with E-state index in [4.69, 9.17) is 10.4 Å². The molecule has 0 aromatic heterocycles. The number of likely N-dealkylation sites (tertiary alicyclic amines) is 1. The standard InChI is InChI=1S/C19H27BN2O5/c21-6-9-22-7-4-13(5-8-22)10-16(23)12-15-11-14-2-1-3-17(19(24)25)18(14)27-20(15)26/h1-3,13,15,26H,4-12,21H2,(H,24,25)/t15-/m1/s1. The number of rotatable bonds is 7. The molecule has 146 valence electrons. The van der Waals surface area contributed by atoms with Gasteiger partial charge in [0.15, 0.2) is 0 Å². The zero-order chi connectivity index (χ0) is 19.4. The molecule has 8 heteroatoms. The average molecular weight is 374 g/mol. The van der Waals surface area contributed by atoms with Crippen molar-refractivity contribution in [2.75, 3.05) is 26.2 Å². The second kappa shape index (κ2) is 8.86. The van der Waals surface area contributed by atoms with Crippen LogP contribution in [0.4, 0.5) is 0 Å². The predicted octanol–water partition coefficient (Wildman–Crippen LogP) is 1.19. The molecular formula is C19H27BN2O5. The fraction of sp³-hybridized carbons (Fsp3) is 0.579. The van der Waals surface area contributed by atoms with Gasteiger partial charge in [0.05, 0.1) is 5.56 Å². The first-order chi connectivity index (χ1) is 13.0. The van der Waals surface area contributed by atoms with Crippen molar-refractivity contribution in [2.24, 2.45) is 11.7 Å². The van der Waals surface area contributed by atoms with Crippen LogP contribution in [0, 0.1) is 5.92 Å². The molecule has 1 saturated heterocycles. The molecule has 0 bridgehead atoms. The highest BCUT2D eigenvalue weighted by Crippen LogP contribution is 2.36. The highest BCUT2D eigenvalue weighted by molar-refractivity contribution is 6.47. The van der Waals surface area contributed by atoms with Gasteiger partial charge in [-0.15, -0.1) is 0 Å². The van der Waals surface area contributed by atoms with Crippen molar-refractivity contribution in [3.05, 3.63) is 29.3 Å². The van der Waals surface area contributed by atoms with E-state index in [-0.39, 0.29) is 29.3 Å². The van der Waals surface area contributed by atoms with Crippen LogP contribution in [0.1, 0.15) is 41.6 Å². The molecule has 3 rings (SSSR count). The second-order valence-electron chi connectivity index (χ2n) is 7.59. The molecular weight excluding hydrogens is 347 g/mol. The Labute approximate surface area is 159 Å². The molecule has 2 aliphatic heterocycles. The summed E-state index contributed by atoms with van der Waals surface area (Å²) < 4.78 is 5.47. The molecule has 0 spiro atoms. The maximum Gasteiger partial charge on any atom is 0.526 e. The van der Waals surface area contributed by atoms with Crippen LogP contribution in [0.3, 0.4) is 0 Å². The minimum Gasteiger partial charge on any atom is -0.535 e. The summed E-state index contributed by atoms with van der Waals surface area (Å²) in [6, 6.07) is 4.91. The van der Waals surface area contributed by atoms with Crippen LogP contribution in [0.25, 0.3) is 0 Å². The molecule has 2 aliphatic rings. The molecule has 0 saturated carbocycles. The third-order valence-electron chi connectivity index (χ3n) is 5.61. The number of carbonyl (C=O) groups excluding carboxylic acids is 1. The van der Waals surface area contributed by atoms with Crippen LogP contribution in [0.15, 0.2) is 18.2 Å². The fourth-order valence-corrected chi connectivity index (χ4v) is 4.12. The van der Waals surface area contributed by atoms with Crippen LogP contribution in [0.2, 0.25) is 5.82 Å². The van der Waals surface area contributed by atoms with Crippen molar-refractivity contribution in [1.29, 1.82) is 0 Å². The van der Waals surface area contributed by atoms with Gasteiger partial charge in [0.25, 0.3) is 0 Å². The molecule has 1 fully saturated rings. The Morgan fingerprint density at radius 2 is 2.00 bits per heavy atom. The summed E-state index contributed by atoms with van der Waals surface area (Å²) >= 11 is 0. The van der Waals surface area contributed by atoms with Crippen molar-refractivity contribution in [1.82, 2.24) is 4.90 Å². The van der Waals surface area contributed by atoms with Crippen molar-refractivity contribution in [3.8, 4) is 5.75 Å². The van der Waals surface area contributed by atoms with E-state index in [1.165, 1.54) is 6.07 Å². The van der Waals surface area contributed by atoms with Gasteiger partial charge < -0.3 is 25.4 Å². The normalized spacial score (nSPS) is 20.8. The lowest BCUT2D eigenvalue weighted by Gasteiger charge is -2.32. The van der Waals surface area contributed by atoms with Crippen LogP contribution in [0.5, 0.6) is 5.75 Å². The average Bonchev–Trinajstić information content (AvgIpc) is 2.63. The summed E-state index contributed by atoms with van der Waals surface area (Å²) in [7, 11) is -1.16. The summed E-state index contributed by atoms with van der Waals surface area (Å²) in [5.41, 5.74) is 6.36. The maximum atomic E-state index is 12.5. The van der Waals surface area contributed by atoms with Crippen molar-refractivity contribution >= 4 is 18.9 Å². The van der Waals surface area contributed by atoms with E-state index in [9.17, 15) is 19.7 Å². The Morgan fingerprint density at radius 1 is 1.26 bits per heavy atom. The molecule has 2 heterocycles. The second-order valence-corrected chi connectivity index (χ2v) is 7.59. The van der Waals surface area contributed by atoms with Crippen LogP contribution >= 0.6 is 0 Å². The molecule has 0 radical (unpaired) electrons. The Hall–Kier alpha value is -1.90. The number of nitrogens with zero attached hydrogens (tertiary/aromatic N) is 1. The smallest absolute Gasteiger partial charge is 0.526 e. The number of hydrogen-bond acceptors (Lipinski definition) is 6. The summed E-state index contributed by atoms with van der Waals surface area (Å²) in [6.45, 7) is 3.53. The molecule has 7 nitrogen and oxygen atoms in total. The Bertz CT molecular complexity index is 691. The number of aromatic carboxylic acids is 1. The van der Waals surface area contributed by atoms with Crippen molar-refractivity contribution in [2.45, 2.75) is 37.9 Å². The number of para-hydroxylation sites is 1. The Morgan fingerprint density at radius 3 is 2.67 bits per heavy atom. The summed E-state index contributed by atoms with van der Waals surface area (Å²) in [5.74, 6) is -0.689. The van der Waals surface area contributed by atoms with E-state index in [2.05, 4.69) is 4.90 Å². The van der Waals surface area contributed by atoms with E-state index in [1.807, 2.05) is 0 Å². The minimum absolute atomic E-state index is 0.0422. The largest absolute Gasteiger partial charge is 0.535 e. The number of fused-ring (bicyclic) bond motifs is 1. The number of carboxylic acid groups (broad SMARTS) is 1. The first-order valence-electron chi connectivity index (χ1n) is 9.62. The first kappa shape index (κ1) is 19.9. The molecule has 27 heavy (non-hydrogen) atoms. The number of Topliss-reactive ketones (excluding diaryl/α,β-unsaturated/α-hetero) is 1. The van der Waals surface area contributed by atoms with Gasteiger partial charge in [-0.05, 0) is 49.9 Å². The maximum absolute atomic E-state index is 12.5. The molecule has 1 atom stereocenters. The van der Waals surface area contributed by atoms with Gasteiger partial charge in [-0.1, -0.05) is 12.1 Å². The van der Waals surface area contributed by atoms with Gasteiger partial charge in [-0.25, -0.2) is 4.79 Å². The highest BCUT2D eigenvalue weighted by atomic mass is 16.5. The lowest BCUT2D eigenvalue weighted by Crippen LogP contribution is -2.38. The molecule has 1 aromatic carbocycles. The van der Waals surface area contributed by atoms with E-state index < -0.39 is 13.1 Å². The molecule has 4 N–H and O–H groups in total. The van der Waals surface area contributed by atoms with Crippen molar-refractivity contribution < 1.29 is 24.4 Å². The van der Waals surface area contributed by atoms with Gasteiger partial charge in [-0.3, -0.25) is 4.79 Å². The Balaban J connectivity index is 1.55. The minimum atomic E-state index is -1.16. The third kappa shape index (κ3) is 4.88. The quantitative estimate of drug-likeness (QED) is 0.615. The predicted molar refractivity (Wildman–Crippen MR) is 102 cm³/mol. The molecule has 0 unspecified atom stereocenters. The SMILES string of the molecule is NCCN1CCC(CC(=O)C[C@H]2Cc3cccc(C(=O)O)c3OB2O)CC1. The fourth-order valence-electron chi connectivity index (χ4n) is 4.12. The van der Waals surface area contributed by atoms with Gasteiger partial charge in [0.1, 0.15) is 11.5 Å². The van der Waals surface area contributed by atoms with Crippen LogP contribution < -0.4 is 10.4 Å². The number of nitrogens with two attached hydrogens (primary N) is 1. The summed E-state index contributed by atoms with van der Waals surface area (Å²) in [4.78, 5) is 26.2. The van der Waals surface area contributed by atoms with Gasteiger partial charge in [0, 0.05) is 31.7 Å². The molecule has 0 amide bonds. The van der Waals surface area contributed by atoms with E-state index in [0.29, 0.717) is 25.3 Å².